The van der Waals surface area contributed by atoms with Crippen LogP contribution in [0.2, 0.25) is 0 Å². The van der Waals surface area contributed by atoms with E-state index in [0.29, 0.717) is 97.2 Å². The lowest BCUT2D eigenvalue weighted by molar-refractivity contribution is -0.382. The van der Waals surface area contributed by atoms with E-state index < -0.39 is 19.7 Å². The molecule has 0 aliphatic carbocycles. The highest BCUT2D eigenvalue weighted by atomic mass is 16.6. The second kappa shape index (κ2) is 25.7. The summed E-state index contributed by atoms with van der Waals surface area (Å²) in [6, 6.07) is 7.32. The Morgan fingerprint density at radius 3 is 0.652 bits per heavy atom. The molecule has 1 amide bonds. The van der Waals surface area contributed by atoms with Gasteiger partial charge in [0.15, 0.2) is 22.1 Å². The minimum absolute atomic E-state index is 0.131. The van der Waals surface area contributed by atoms with Crippen LogP contribution in [0, 0.1) is 40.5 Å². The van der Waals surface area contributed by atoms with E-state index >= 15 is 0 Å². The van der Waals surface area contributed by atoms with Crippen molar-refractivity contribution in [3.8, 4) is 0 Å². The number of hydrogen-bond donors (Lipinski definition) is 0. The quantitative estimate of drug-likeness (QED) is 0.0613. The SMILES string of the molecule is CN(C)C=O.O=[N+]([O-])c1c(N2CCN(c3cc(N4CCCCC4)c4nonc4c3[N+](=O)[O-])CC2)cc(N2CCCCC2)c2nonc12.O=[N+]([O-])c1c(N2CCN(c3cc(N4CCCCC4)c4nonc4c3[N+](=O)[O-])CC2)cc(N2CCCCC2)c2nonc12. The largest absolute Gasteiger partial charge is 0.370 e. The first-order valence-electron chi connectivity index (χ1n) is 30.2. The molecule has 8 aromatic rings. The molecular weight excluding hydrogens is 1160 g/mol. The lowest BCUT2D eigenvalue weighted by Gasteiger charge is -2.38. The molecule has 470 valence electrons. The molecule has 34 nitrogen and oxygen atoms in total. The predicted molar refractivity (Wildman–Crippen MR) is 327 cm³/mol. The number of nitro benzene ring substituents is 4. The molecule has 0 bridgehead atoms. The first-order chi connectivity index (χ1) is 43.3. The van der Waals surface area contributed by atoms with Crippen molar-refractivity contribution >= 4 is 119 Å². The molecule has 10 heterocycles. The minimum atomic E-state index is -0.435. The number of anilines is 8. The topological polar surface area (TPSA) is 374 Å². The van der Waals surface area contributed by atoms with Crippen LogP contribution in [0.1, 0.15) is 77.0 Å². The van der Waals surface area contributed by atoms with Crippen LogP contribution in [0.25, 0.3) is 44.1 Å². The van der Waals surface area contributed by atoms with Gasteiger partial charge < -0.3 is 44.1 Å². The maximum absolute atomic E-state index is 12.3. The molecule has 14 rings (SSSR count). The Morgan fingerprint density at radius 1 is 0.315 bits per heavy atom. The van der Waals surface area contributed by atoms with E-state index in [1.165, 1.54) is 4.90 Å². The summed E-state index contributed by atoms with van der Waals surface area (Å²) in [5.41, 5.74) is 6.41. The molecule has 0 radical (unpaired) electrons. The van der Waals surface area contributed by atoms with Crippen LogP contribution in [-0.2, 0) is 4.79 Å². The van der Waals surface area contributed by atoms with Gasteiger partial charge in [-0.2, -0.15) is 0 Å². The van der Waals surface area contributed by atoms with Gasteiger partial charge in [-0.1, -0.05) is 0 Å². The van der Waals surface area contributed by atoms with E-state index in [9.17, 15) is 45.3 Å². The summed E-state index contributed by atoms with van der Waals surface area (Å²) in [5, 5.41) is 81.0. The Bertz CT molecular complexity index is 3420. The number of hydrogen-bond acceptors (Lipinski definition) is 29. The van der Waals surface area contributed by atoms with E-state index in [4.69, 9.17) is 18.5 Å². The first-order valence-corrected chi connectivity index (χ1v) is 30.2. The molecule has 4 aromatic heterocycles. The number of nitro groups is 4. The Kier molecular flexibility index (Phi) is 17.1. The zero-order valence-electron chi connectivity index (χ0n) is 49.4. The van der Waals surface area contributed by atoms with Crippen molar-refractivity contribution in [3.63, 3.8) is 0 Å². The molecule has 6 fully saturated rings. The third-order valence-corrected chi connectivity index (χ3v) is 17.5. The van der Waals surface area contributed by atoms with Crippen LogP contribution in [-0.4, -0.2) is 191 Å². The van der Waals surface area contributed by atoms with Crippen molar-refractivity contribution < 1.29 is 43.0 Å². The van der Waals surface area contributed by atoms with Crippen LogP contribution in [0.5, 0.6) is 0 Å². The van der Waals surface area contributed by atoms with E-state index in [1.54, 1.807) is 14.1 Å². The van der Waals surface area contributed by atoms with Crippen molar-refractivity contribution in [1.82, 2.24) is 46.2 Å². The van der Waals surface area contributed by atoms with Crippen molar-refractivity contribution in [1.29, 1.82) is 0 Å². The van der Waals surface area contributed by atoms with Gasteiger partial charge in [-0.05, 0) is 143 Å². The lowest BCUT2D eigenvalue weighted by Crippen LogP contribution is -2.47. The van der Waals surface area contributed by atoms with Gasteiger partial charge in [0.05, 0.1) is 42.4 Å². The molecule has 0 saturated carbocycles. The Balaban J connectivity index is 0.000000161. The number of rotatable bonds is 13. The van der Waals surface area contributed by atoms with Gasteiger partial charge in [0.1, 0.15) is 22.7 Å². The number of fused-ring (bicyclic) bond motifs is 4. The zero-order chi connectivity index (χ0) is 61.9. The van der Waals surface area contributed by atoms with Crippen LogP contribution in [0.3, 0.4) is 0 Å². The normalized spacial score (nSPS) is 17.6. The summed E-state index contributed by atoms with van der Waals surface area (Å²) < 4.78 is 19.9. The first kappa shape index (κ1) is 59.3. The third-order valence-electron chi connectivity index (χ3n) is 17.5. The Labute approximate surface area is 506 Å². The van der Waals surface area contributed by atoms with Gasteiger partial charge in [0.2, 0.25) is 28.5 Å². The molecule has 34 heteroatoms. The van der Waals surface area contributed by atoms with Crippen LogP contribution < -0.4 is 39.2 Å². The van der Waals surface area contributed by atoms with Crippen molar-refractivity contribution in [3.05, 3.63) is 64.7 Å². The van der Waals surface area contributed by atoms with Gasteiger partial charge in [0, 0.05) is 119 Å². The van der Waals surface area contributed by atoms with Gasteiger partial charge in [-0.15, -0.1) is 0 Å². The highest BCUT2D eigenvalue weighted by molar-refractivity contribution is 6.03. The summed E-state index contributed by atoms with van der Waals surface area (Å²) in [6.07, 6.45) is 13.5. The number of benzene rings is 4. The number of carbonyl (C=O) groups excluding carboxylic acids is 1. The van der Waals surface area contributed by atoms with Crippen LogP contribution >= 0.6 is 0 Å². The number of carbonyl (C=O) groups is 1. The second-order valence-electron chi connectivity index (χ2n) is 23.1. The fourth-order valence-electron chi connectivity index (χ4n) is 13.2. The zero-order valence-corrected chi connectivity index (χ0v) is 49.4. The van der Waals surface area contributed by atoms with Crippen molar-refractivity contribution in [2.75, 3.05) is 158 Å². The second-order valence-corrected chi connectivity index (χ2v) is 23.1. The summed E-state index contributed by atoms with van der Waals surface area (Å²) in [5.74, 6) is 0. The van der Waals surface area contributed by atoms with Crippen molar-refractivity contribution in [2.45, 2.75) is 77.0 Å². The molecule has 89 heavy (non-hydrogen) atoms. The summed E-state index contributed by atoms with van der Waals surface area (Å²) in [6.45, 7) is 9.87. The maximum Gasteiger partial charge on any atom is 0.323 e. The van der Waals surface area contributed by atoms with Crippen molar-refractivity contribution in [2.24, 2.45) is 0 Å². The standard InChI is InChI=1S/2C26H30N10O6.C3H7NO/c2*37-35(38)25-19(15-17(21-23(25)29-41-27-21)31-7-3-1-4-8-31)33-11-13-34(14-12-33)20-16-18(32-9-5-2-6-10-32)22-24(30-42-28-22)26(20)36(39)40;1-4(2)3-5/h2*15-16H,1-14H2;3H,1-2H3. The van der Waals surface area contributed by atoms with E-state index in [1.807, 2.05) is 43.9 Å². The van der Waals surface area contributed by atoms with Gasteiger partial charge >= 0.3 is 22.7 Å². The van der Waals surface area contributed by atoms with E-state index in [2.05, 4.69) is 60.9 Å². The molecule has 4 aromatic carbocycles. The Hall–Kier alpha value is -10.1. The molecule has 6 saturated heterocycles. The van der Waals surface area contributed by atoms with Gasteiger partial charge in [-0.3, -0.25) is 45.3 Å². The average molecular weight is 1230 g/mol. The molecule has 0 spiro atoms. The summed E-state index contributed by atoms with van der Waals surface area (Å²) in [4.78, 5) is 74.9. The minimum Gasteiger partial charge on any atom is -0.370 e. The fourth-order valence-corrected chi connectivity index (χ4v) is 13.2. The van der Waals surface area contributed by atoms with Gasteiger partial charge in [-0.25, -0.2) is 18.5 Å². The molecular formula is C55H67N21O13. The number of piperidine rings is 4. The number of nitrogens with zero attached hydrogens (tertiary/aromatic N) is 21. The van der Waals surface area contributed by atoms with E-state index in [-0.39, 0.29) is 44.8 Å². The van der Waals surface area contributed by atoms with Crippen LogP contribution in [0.4, 0.5) is 68.2 Å². The molecule has 0 unspecified atom stereocenters. The Morgan fingerprint density at radius 2 is 0.483 bits per heavy atom. The number of piperazine rings is 2. The van der Waals surface area contributed by atoms with Crippen LogP contribution in [0.15, 0.2) is 42.8 Å². The van der Waals surface area contributed by atoms with Gasteiger partial charge in [0.25, 0.3) is 0 Å². The number of aromatic nitrogens is 8. The fraction of sp³-hybridized carbons (Fsp3) is 0.545. The summed E-state index contributed by atoms with van der Waals surface area (Å²) in [7, 11) is 3.38. The molecule has 6 aliphatic rings. The average Bonchev–Trinajstić information content (AvgIpc) is 2.22. The molecule has 0 N–H and O–H groups in total. The molecule has 0 atom stereocenters. The lowest BCUT2D eigenvalue weighted by atomic mass is 10.1. The number of amides is 1. The maximum atomic E-state index is 12.3. The highest BCUT2D eigenvalue weighted by Crippen LogP contribution is 2.47. The summed E-state index contributed by atoms with van der Waals surface area (Å²) >= 11 is 0. The predicted octanol–water partition coefficient (Wildman–Crippen LogP) is 7.47. The van der Waals surface area contributed by atoms with E-state index in [0.717, 1.165) is 159 Å². The highest BCUT2D eigenvalue weighted by Gasteiger charge is 2.38. The monoisotopic (exact) mass is 1230 g/mol. The molecule has 6 aliphatic heterocycles. The smallest absolute Gasteiger partial charge is 0.323 e. The third kappa shape index (κ3) is 11.7.